The summed E-state index contributed by atoms with van der Waals surface area (Å²) in [6.07, 6.45) is 1.94. The van der Waals surface area contributed by atoms with Crippen LogP contribution in [0.15, 0.2) is 47.4 Å². The van der Waals surface area contributed by atoms with Crippen LogP contribution in [0.1, 0.15) is 12.5 Å². The van der Waals surface area contributed by atoms with Crippen molar-refractivity contribution in [3.8, 4) is 5.75 Å². The highest BCUT2D eigenvalue weighted by Gasteiger charge is 2.29. The van der Waals surface area contributed by atoms with E-state index < -0.39 is 9.84 Å². The molecule has 1 aliphatic heterocycles. The van der Waals surface area contributed by atoms with Gasteiger partial charge in [0.25, 0.3) is 0 Å². The predicted molar refractivity (Wildman–Crippen MR) is 109 cm³/mol. The summed E-state index contributed by atoms with van der Waals surface area (Å²) in [6, 6.07) is 11.2. The molecule has 2 atom stereocenters. The van der Waals surface area contributed by atoms with Crippen molar-refractivity contribution in [3.63, 3.8) is 0 Å². The number of nitrogens with zero attached hydrogens (tertiary/aromatic N) is 1. The Labute approximate surface area is 171 Å². The van der Waals surface area contributed by atoms with E-state index in [1.165, 1.54) is 18.4 Å². The van der Waals surface area contributed by atoms with Gasteiger partial charge in [-0.15, -0.1) is 0 Å². The third-order valence-electron chi connectivity index (χ3n) is 5.20. The van der Waals surface area contributed by atoms with Gasteiger partial charge in [0.05, 0.1) is 11.5 Å². The topological polar surface area (TPSA) is 46.6 Å². The third-order valence-corrected chi connectivity index (χ3v) is 6.55. The predicted octanol–water partition coefficient (Wildman–Crippen LogP) is 4.07. The van der Waals surface area contributed by atoms with E-state index in [4.69, 9.17) is 16.3 Å². The summed E-state index contributed by atoms with van der Waals surface area (Å²) >= 11 is 5.92. The van der Waals surface area contributed by atoms with Crippen LogP contribution in [0.4, 0.5) is 4.39 Å². The summed E-state index contributed by atoms with van der Waals surface area (Å²) in [5, 5.41) is 0.429. The number of hydrogen-bond acceptors (Lipinski definition) is 4. The fourth-order valence-electron chi connectivity index (χ4n) is 3.57. The number of benzene rings is 2. The van der Waals surface area contributed by atoms with Crippen LogP contribution in [0.3, 0.4) is 0 Å². The van der Waals surface area contributed by atoms with Gasteiger partial charge in [0, 0.05) is 36.8 Å². The van der Waals surface area contributed by atoms with Gasteiger partial charge in [0.15, 0.2) is 9.84 Å². The fourth-order valence-corrected chi connectivity index (χ4v) is 4.45. The van der Waals surface area contributed by atoms with Crippen LogP contribution in [-0.4, -0.2) is 45.8 Å². The van der Waals surface area contributed by atoms with Crippen LogP contribution >= 0.6 is 11.6 Å². The minimum atomic E-state index is -3.19. The summed E-state index contributed by atoms with van der Waals surface area (Å²) in [5.74, 6) is 1.26. The van der Waals surface area contributed by atoms with E-state index in [2.05, 4.69) is 11.8 Å². The lowest BCUT2D eigenvalue weighted by Gasteiger charge is -2.17. The maximum atomic E-state index is 13.5. The Hall–Kier alpha value is -1.63. The van der Waals surface area contributed by atoms with Gasteiger partial charge in [-0.05, 0) is 60.4 Å². The first-order valence-corrected chi connectivity index (χ1v) is 11.6. The zero-order valence-corrected chi connectivity index (χ0v) is 17.6. The molecule has 0 amide bonds. The number of sulfone groups is 1. The number of rotatable bonds is 7. The molecule has 2 aromatic rings. The number of halogens is 2. The molecule has 0 saturated carbocycles. The number of hydrogen-bond donors (Lipinski definition) is 0. The minimum Gasteiger partial charge on any atom is -0.493 e. The highest BCUT2D eigenvalue weighted by Crippen LogP contribution is 2.25. The minimum absolute atomic E-state index is 0.290. The van der Waals surface area contributed by atoms with Crippen molar-refractivity contribution < 1.29 is 17.5 Å². The van der Waals surface area contributed by atoms with Gasteiger partial charge in [0.1, 0.15) is 11.6 Å². The van der Waals surface area contributed by atoms with Crippen LogP contribution in [0.25, 0.3) is 0 Å². The second kappa shape index (κ2) is 8.80. The lowest BCUT2D eigenvalue weighted by molar-refractivity contribution is 0.225. The molecular formula is C21H25ClFNO3S. The van der Waals surface area contributed by atoms with Crippen molar-refractivity contribution >= 4 is 21.4 Å². The largest absolute Gasteiger partial charge is 0.493 e. The quantitative estimate of drug-likeness (QED) is 0.670. The van der Waals surface area contributed by atoms with E-state index in [0.717, 1.165) is 31.6 Å². The summed E-state index contributed by atoms with van der Waals surface area (Å²) in [5.41, 5.74) is 0.906. The standard InChI is InChI=1S/C21H25ClFNO3S/c1-15-12-24(8-7-16-9-18(22)11-19(23)10-16)13-17(15)14-27-20-3-5-21(6-4-20)28(2,25)26/h3-6,9-11,15,17H,7-8,12-14H2,1-2H3. The molecule has 4 nitrogen and oxygen atoms in total. The van der Waals surface area contributed by atoms with Crippen molar-refractivity contribution in [3.05, 3.63) is 58.9 Å². The van der Waals surface area contributed by atoms with E-state index in [0.29, 0.717) is 29.2 Å². The first kappa shape index (κ1) is 21.1. The summed E-state index contributed by atoms with van der Waals surface area (Å²) < 4.78 is 42.4. The monoisotopic (exact) mass is 425 g/mol. The van der Waals surface area contributed by atoms with E-state index in [-0.39, 0.29) is 10.7 Å². The van der Waals surface area contributed by atoms with Crippen molar-refractivity contribution in [2.75, 3.05) is 32.5 Å². The molecule has 1 heterocycles. The van der Waals surface area contributed by atoms with Gasteiger partial charge >= 0.3 is 0 Å². The van der Waals surface area contributed by atoms with Crippen LogP contribution in [0.5, 0.6) is 5.75 Å². The van der Waals surface area contributed by atoms with Crippen molar-refractivity contribution in [1.82, 2.24) is 4.90 Å². The Balaban J connectivity index is 1.49. The first-order chi connectivity index (χ1) is 13.2. The number of ether oxygens (including phenoxy) is 1. The molecule has 1 fully saturated rings. The maximum Gasteiger partial charge on any atom is 0.175 e. The molecule has 0 aromatic heterocycles. The van der Waals surface area contributed by atoms with Crippen LogP contribution < -0.4 is 4.74 Å². The Morgan fingerprint density at radius 3 is 2.54 bits per heavy atom. The molecule has 2 unspecified atom stereocenters. The maximum absolute atomic E-state index is 13.5. The van der Waals surface area contributed by atoms with Crippen molar-refractivity contribution in [1.29, 1.82) is 0 Å². The molecular weight excluding hydrogens is 401 g/mol. The summed E-state index contributed by atoms with van der Waals surface area (Å²) in [4.78, 5) is 2.65. The van der Waals surface area contributed by atoms with E-state index in [1.807, 2.05) is 6.07 Å². The van der Waals surface area contributed by atoms with Crippen molar-refractivity contribution in [2.45, 2.75) is 18.2 Å². The highest BCUT2D eigenvalue weighted by atomic mass is 35.5. The summed E-state index contributed by atoms with van der Waals surface area (Å²) in [6.45, 7) is 5.54. The summed E-state index contributed by atoms with van der Waals surface area (Å²) in [7, 11) is -3.19. The van der Waals surface area contributed by atoms with Crippen LogP contribution in [0.2, 0.25) is 5.02 Å². The molecule has 152 valence electrons. The Morgan fingerprint density at radius 1 is 1.18 bits per heavy atom. The first-order valence-electron chi connectivity index (χ1n) is 9.31. The van der Waals surface area contributed by atoms with Crippen LogP contribution in [0, 0.1) is 17.7 Å². The molecule has 28 heavy (non-hydrogen) atoms. The molecule has 7 heteroatoms. The van der Waals surface area contributed by atoms with Crippen LogP contribution in [-0.2, 0) is 16.3 Å². The van der Waals surface area contributed by atoms with Gasteiger partial charge in [-0.2, -0.15) is 0 Å². The Bertz CT molecular complexity index is 897. The van der Waals surface area contributed by atoms with Gasteiger partial charge in [-0.3, -0.25) is 0 Å². The van der Waals surface area contributed by atoms with Crippen molar-refractivity contribution in [2.24, 2.45) is 11.8 Å². The second-order valence-electron chi connectivity index (χ2n) is 7.58. The lowest BCUT2D eigenvalue weighted by atomic mass is 9.99. The molecule has 0 aliphatic carbocycles. The molecule has 2 aromatic carbocycles. The SMILES string of the molecule is CC1CN(CCc2cc(F)cc(Cl)c2)CC1COc1ccc(S(C)(=O)=O)cc1. The molecule has 0 radical (unpaired) electrons. The Kier molecular flexibility index (Phi) is 6.63. The molecule has 1 saturated heterocycles. The molecule has 0 bridgehead atoms. The third kappa shape index (κ3) is 5.69. The Morgan fingerprint density at radius 2 is 1.89 bits per heavy atom. The normalized spacial score (nSPS) is 20.4. The molecule has 0 spiro atoms. The zero-order valence-electron chi connectivity index (χ0n) is 16.1. The second-order valence-corrected chi connectivity index (χ2v) is 10.0. The van der Waals surface area contributed by atoms with E-state index in [9.17, 15) is 12.8 Å². The average molecular weight is 426 g/mol. The van der Waals surface area contributed by atoms with Gasteiger partial charge in [0.2, 0.25) is 0 Å². The van der Waals surface area contributed by atoms with Gasteiger partial charge in [-0.1, -0.05) is 18.5 Å². The molecule has 3 rings (SSSR count). The molecule has 0 N–H and O–H groups in total. The van der Waals surface area contributed by atoms with Gasteiger partial charge < -0.3 is 9.64 Å². The molecule has 1 aliphatic rings. The number of likely N-dealkylation sites (tertiary alicyclic amines) is 1. The average Bonchev–Trinajstić information content (AvgIpc) is 2.97. The van der Waals surface area contributed by atoms with E-state index >= 15 is 0 Å². The van der Waals surface area contributed by atoms with Gasteiger partial charge in [-0.25, -0.2) is 12.8 Å². The highest BCUT2D eigenvalue weighted by molar-refractivity contribution is 7.90. The zero-order chi connectivity index (χ0) is 20.3. The smallest absolute Gasteiger partial charge is 0.175 e. The lowest BCUT2D eigenvalue weighted by Crippen LogP contribution is -2.24. The fraction of sp³-hybridized carbons (Fsp3) is 0.429. The van der Waals surface area contributed by atoms with E-state index in [1.54, 1.807) is 24.3 Å².